The predicted molar refractivity (Wildman–Crippen MR) is 113 cm³/mol. The maximum Gasteiger partial charge on any atom is 0.261 e. The van der Waals surface area contributed by atoms with E-state index in [2.05, 4.69) is 11.9 Å². The van der Waals surface area contributed by atoms with E-state index >= 15 is 0 Å². The fraction of sp³-hybridized carbons (Fsp3) is 0.300. The number of thioether (sulfide) groups is 1. The smallest absolute Gasteiger partial charge is 0.261 e. The molecule has 2 aromatic carbocycles. The summed E-state index contributed by atoms with van der Waals surface area (Å²) in [6.07, 6.45) is 0. The molecule has 0 unspecified atom stereocenters. The summed E-state index contributed by atoms with van der Waals surface area (Å²) in [7, 11) is 3.94. The van der Waals surface area contributed by atoms with Crippen molar-refractivity contribution in [1.29, 1.82) is 0 Å². The molecule has 3 rings (SSSR count). The summed E-state index contributed by atoms with van der Waals surface area (Å²) < 4.78 is 14.3. The first-order valence-electron chi connectivity index (χ1n) is 8.74. The minimum Gasteiger partial charge on any atom is -0.308 e. The van der Waals surface area contributed by atoms with E-state index in [1.807, 2.05) is 43.3 Å². The molecule has 0 N–H and O–H groups in total. The highest BCUT2D eigenvalue weighted by Crippen LogP contribution is 2.31. The van der Waals surface area contributed by atoms with Gasteiger partial charge in [0.15, 0.2) is 5.13 Å². The zero-order valence-corrected chi connectivity index (χ0v) is 17.2. The summed E-state index contributed by atoms with van der Waals surface area (Å²) in [5, 5.41) is 0.596. The highest BCUT2D eigenvalue weighted by Gasteiger charge is 2.23. The van der Waals surface area contributed by atoms with Crippen LogP contribution in [0.4, 0.5) is 9.52 Å². The molecule has 0 bridgehead atoms. The van der Waals surface area contributed by atoms with Gasteiger partial charge >= 0.3 is 0 Å². The van der Waals surface area contributed by atoms with E-state index in [1.54, 1.807) is 22.7 Å². The fourth-order valence-corrected chi connectivity index (χ4v) is 4.47. The average Bonchev–Trinajstić information content (AvgIpc) is 3.05. The first kappa shape index (κ1) is 19.8. The number of halogens is 1. The number of hydrogen-bond donors (Lipinski definition) is 0. The van der Waals surface area contributed by atoms with Crippen LogP contribution in [0.25, 0.3) is 10.2 Å². The van der Waals surface area contributed by atoms with Crippen LogP contribution in [0.3, 0.4) is 0 Å². The van der Waals surface area contributed by atoms with Crippen LogP contribution >= 0.6 is 23.1 Å². The Bertz CT molecular complexity index is 942. The van der Waals surface area contributed by atoms with Crippen LogP contribution in [0.1, 0.15) is 17.3 Å². The van der Waals surface area contributed by atoms with Crippen molar-refractivity contribution in [3.63, 3.8) is 0 Å². The number of benzene rings is 2. The molecule has 3 aromatic rings. The summed E-state index contributed by atoms with van der Waals surface area (Å²) in [5.74, 6) is 0.518. The number of thiazole rings is 1. The Hall–Kier alpha value is -1.96. The standard InChI is InChI=1S/C20H22FN3OS2/c1-4-26-17-8-6-5-7-15(17)19(25)24(12-11-23(2)3)20-22-16-10-9-14(21)13-18(16)27-20/h5-10,13H,4,11-12H2,1-3H3. The molecule has 0 spiro atoms. The number of nitrogens with zero attached hydrogens (tertiary/aromatic N) is 3. The van der Waals surface area contributed by atoms with E-state index in [-0.39, 0.29) is 11.7 Å². The van der Waals surface area contributed by atoms with Crippen LogP contribution in [-0.2, 0) is 0 Å². The summed E-state index contributed by atoms with van der Waals surface area (Å²) in [4.78, 5) is 22.7. The molecule has 142 valence electrons. The summed E-state index contributed by atoms with van der Waals surface area (Å²) in [6, 6.07) is 12.2. The molecule has 1 heterocycles. The van der Waals surface area contributed by atoms with E-state index in [4.69, 9.17) is 0 Å². The lowest BCUT2D eigenvalue weighted by Gasteiger charge is -2.23. The Balaban J connectivity index is 2.00. The first-order chi connectivity index (χ1) is 13.0. The molecule has 0 aliphatic carbocycles. The van der Waals surface area contributed by atoms with Crippen LogP contribution in [0.2, 0.25) is 0 Å². The molecular formula is C20H22FN3OS2. The highest BCUT2D eigenvalue weighted by molar-refractivity contribution is 7.99. The van der Waals surface area contributed by atoms with Crippen molar-refractivity contribution in [2.24, 2.45) is 0 Å². The Morgan fingerprint density at radius 3 is 2.70 bits per heavy atom. The van der Waals surface area contributed by atoms with Gasteiger partial charge in [0.25, 0.3) is 5.91 Å². The number of anilines is 1. The molecule has 0 aliphatic rings. The predicted octanol–water partition coefficient (Wildman–Crippen LogP) is 4.76. The van der Waals surface area contributed by atoms with Crippen molar-refractivity contribution in [2.45, 2.75) is 11.8 Å². The number of carbonyl (C=O) groups excluding carboxylic acids is 1. The van der Waals surface area contributed by atoms with Gasteiger partial charge in [0.2, 0.25) is 0 Å². The Morgan fingerprint density at radius 2 is 1.96 bits per heavy atom. The molecule has 0 fully saturated rings. The Labute approximate surface area is 167 Å². The zero-order valence-electron chi connectivity index (χ0n) is 15.6. The van der Waals surface area contributed by atoms with Gasteiger partial charge in [0.05, 0.1) is 15.8 Å². The minimum absolute atomic E-state index is 0.0760. The van der Waals surface area contributed by atoms with Crippen molar-refractivity contribution in [3.8, 4) is 0 Å². The van der Waals surface area contributed by atoms with E-state index in [9.17, 15) is 9.18 Å². The number of aromatic nitrogens is 1. The van der Waals surface area contributed by atoms with Gasteiger partial charge in [-0.15, -0.1) is 11.8 Å². The van der Waals surface area contributed by atoms with Crippen molar-refractivity contribution in [3.05, 3.63) is 53.8 Å². The third-order valence-corrected chi connectivity index (χ3v) is 6.00. The molecular weight excluding hydrogens is 381 g/mol. The van der Waals surface area contributed by atoms with Crippen molar-refractivity contribution in [2.75, 3.05) is 37.8 Å². The van der Waals surface area contributed by atoms with E-state index < -0.39 is 0 Å². The summed E-state index contributed by atoms with van der Waals surface area (Å²) in [5.41, 5.74) is 1.38. The van der Waals surface area contributed by atoms with Gasteiger partial charge in [-0.05, 0) is 50.2 Å². The van der Waals surface area contributed by atoms with Crippen molar-refractivity contribution in [1.82, 2.24) is 9.88 Å². The van der Waals surface area contributed by atoms with E-state index in [0.29, 0.717) is 29.3 Å². The summed E-state index contributed by atoms with van der Waals surface area (Å²) >= 11 is 2.99. The minimum atomic E-state index is -0.298. The molecule has 4 nitrogen and oxygen atoms in total. The van der Waals surface area contributed by atoms with Gasteiger partial charge in [-0.25, -0.2) is 9.37 Å². The molecule has 1 amide bonds. The fourth-order valence-electron chi connectivity index (χ4n) is 2.66. The van der Waals surface area contributed by atoms with Gasteiger partial charge < -0.3 is 4.90 Å². The first-order valence-corrected chi connectivity index (χ1v) is 10.5. The monoisotopic (exact) mass is 403 g/mol. The Morgan fingerprint density at radius 1 is 1.19 bits per heavy atom. The second kappa shape index (κ2) is 8.82. The number of fused-ring (bicyclic) bond motifs is 1. The van der Waals surface area contributed by atoms with Crippen LogP contribution in [0, 0.1) is 5.82 Å². The van der Waals surface area contributed by atoms with Gasteiger partial charge in [-0.1, -0.05) is 30.4 Å². The largest absolute Gasteiger partial charge is 0.308 e. The van der Waals surface area contributed by atoms with E-state index in [1.165, 1.54) is 23.5 Å². The third kappa shape index (κ3) is 4.66. The van der Waals surface area contributed by atoms with Crippen LogP contribution in [0.5, 0.6) is 0 Å². The molecule has 1 aromatic heterocycles. The Kier molecular flexibility index (Phi) is 6.46. The average molecular weight is 404 g/mol. The van der Waals surface area contributed by atoms with Crippen molar-refractivity contribution < 1.29 is 9.18 Å². The van der Waals surface area contributed by atoms with Crippen molar-refractivity contribution >= 4 is 44.4 Å². The van der Waals surface area contributed by atoms with Gasteiger partial charge in [-0.2, -0.15) is 0 Å². The lowest BCUT2D eigenvalue weighted by atomic mass is 10.2. The van der Waals surface area contributed by atoms with E-state index in [0.717, 1.165) is 15.3 Å². The maximum atomic E-state index is 13.6. The quantitative estimate of drug-likeness (QED) is 0.533. The van der Waals surface area contributed by atoms with Crippen LogP contribution in [-0.4, -0.2) is 48.7 Å². The molecule has 27 heavy (non-hydrogen) atoms. The number of carbonyl (C=O) groups is 1. The van der Waals surface area contributed by atoms with Gasteiger partial charge in [0.1, 0.15) is 5.82 Å². The highest BCUT2D eigenvalue weighted by atomic mass is 32.2. The SMILES string of the molecule is CCSc1ccccc1C(=O)N(CCN(C)C)c1nc2ccc(F)cc2s1. The molecule has 0 saturated carbocycles. The molecule has 0 aliphatic heterocycles. The molecule has 0 atom stereocenters. The van der Waals surface area contributed by atoms with Crippen LogP contribution < -0.4 is 4.90 Å². The second-order valence-corrected chi connectivity index (χ2v) is 8.61. The lowest BCUT2D eigenvalue weighted by Crippen LogP contribution is -2.37. The summed E-state index contributed by atoms with van der Waals surface area (Å²) in [6.45, 7) is 3.29. The van der Waals surface area contributed by atoms with Gasteiger partial charge in [-0.3, -0.25) is 9.69 Å². The molecule has 7 heteroatoms. The second-order valence-electron chi connectivity index (χ2n) is 6.30. The molecule has 0 radical (unpaired) electrons. The number of hydrogen-bond acceptors (Lipinski definition) is 5. The topological polar surface area (TPSA) is 36.4 Å². The van der Waals surface area contributed by atoms with Crippen LogP contribution in [0.15, 0.2) is 47.4 Å². The maximum absolute atomic E-state index is 13.6. The number of likely N-dealkylation sites (N-methyl/N-ethyl adjacent to an activating group) is 1. The lowest BCUT2D eigenvalue weighted by molar-refractivity contribution is 0.0982. The van der Waals surface area contributed by atoms with Gasteiger partial charge in [0, 0.05) is 18.0 Å². The third-order valence-electron chi connectivity index (χ3n) is 4.00. The number of amides is 1. The number of rotatable bonds is 7. The zero-order chi connectivity index (χ0) is 19.4. The normalized spacial score (nSPS) is 11.3. The molecule has 0 saturated heterocycles.